The molecule has 0 radical (unpaired) electrons. The summed E-state index contributed by atoms with van der Waals surface area (Å²) in [6, 6.07) is 7.87. The van der Waals surface area contributed by atoms with Crippen LogP contribution in [-0.4, -0.2) is 53.9 Å². The molecule has 0 spiro atoms. The standard InChI is InChI=1S/C20H29N3O2S/c1-23(16-7-3-2-4-8-16)20(25)17-9-5-6-10-18(17)22-19(24)13-15-14-26-12-11-21-15/h5-6,9-10,15-16,21H,2-4,7-8,11-14H2,1H3,(H,22,24). The highest BCUT2D eigenvalue weighted by Crippen LogP contribution is 2.25. The van der Waals surface area contributed by atoms with Gasteiger partial charge in [0.15, 0.2) is 0 Å². The van der Waals surface area contributed by atoms with Gasteiger partial charge in [-0.3, -0.25) is 9.59 Å². The lowest BCUT2D eigenvalue weighted by Crippen LogP contribution is -2.40. The molecule has 5 nitrogen and oxygen atoms in total. The predicted molar refractivity (Wildman–Crippen MR) is 108 cm³/mol. The van der Waals surface area contributed by atoms with Gasteiger partial charge in [0, 0.05) is 43.6 Å². The molecule has 0 bridgehead atoms. The molecule has 0 aromatic heterocycles. The van der Waals surface area contributed by atoms with E-state index in [2.05, 4.69) is 10.6 Å². The molecule has 1 atom stereocenters. The van der Waals surface area contributed by atoms with Crippen molar-refractivity contribution in [1.82, 2.24) is 10.2 Å². The smallest absolute Gasteiger partial charge is 0.255 e. The Morgan fingerprint density at radius 1 is 1.23 bits per heavy atom. The van der Waals surface area contributed by atoms with E-state index in [9.17, 15) is 9.59 Å². The minimum Gasteiger partial charge on any atom is -0.339 e. The summed E-state index contributed by atoms with van der Waals surface area (Å²) in [6.07, 6.45) is 6.22. The summed E-state index contributed by atoms with van der Waals surface area (Å²) < 4.78 is 0. The van der Waals surface area contributed by atoms with Crippen molar-refractivity contribution in [3.63, 3.8) is 0 Å². The Labute approximate surface area is 160 Å². The molecular formula is C20H29N3O2S. The highest BCUT2D eigenvalue weighted by atomic mass is 32.2. The van der Waals surface area contributed by atoms with Crippen molar-refractivity contribution in [2.24, 2.45) is 0 Å². The zero-order valence-electron chi connectivity index (χ0n) is 15.5. The maximum Gasteiger partial charge on any atom is 0.255 e. The topological polar surface area (TPSA) is 61.4 Å². The van der Waals surface area contributed by atoms with Crippen LogP contribution in [0.1, 0.15) is 48.9 Å². The van der Waals surface area contributed by atoms with Gasteiger partial charge in [-0.15, -0.1) is 0 Å². The van der Waals surface area contributed by atoms with Gasteiger partial charge in [0.1, 0.15) is 0 Å². The van der Waals surface area contributed by atoms with Gasteiger partial charge in [-0.25, -0.2) is 0 Å². The number of para-hydroxylation sites is 1. The monoisotopic (exact) mass is 375 g/mol. The summed E-state index contributed by atoms with van der Waals surface area (Å²) in [6.45, 7) is 0.948. The Hall–Kier alpha value is -1.53. The van der Waals surface area contributed by atoms with E-state index in [1.165, 1.54) is 19.3 Å². The van der Waals surface area contributed by atoms with E-state index in [0.717, 1.165) is 30.9 Å². The average Bonchev–Trinajstić information content (AvgIpc) is 2.68. The fourth-order valence-corrected chi connectivity index (χ4v) is 4.73. The van der Waals surface area contributed by atoms with Crippen LogP contribution in [-0.2, 0) is 4.79 Å². The number of nitrogens with one attached hydrogen (secondary N) is 2. The zero-order chi connectivity index (χ0) is 18.4. The predicted octanol–water partition coefficient (Wildman–Crippen LogP) is 3.12. The Kier molecular flexibility index (Phi) is 6.97. The van der Waals surface area contributed by atoms with E-state index >= 15 is 0 Å². The number of amides is 2. The van der Waals surface area contributed by atoms with Crippen LogP contribution in [0.15, 0.2) is 24.3 Å². The van der Waals surface area contributed by atoms with Crippen LogP contribution in [0.25, 0.3) is 0 Å². The molecule has 2 aliphatic rings. The Balaban J connectivity index is 1.64. The Bertz CT molecular complexity index is 625. The van der Waals surface area contributed by atoms with Crippen molar-refractivity contribution in [3.05, 3.63) is 29.8 Å². The highest BCUT2D eigenvalue weighted by molar-refractivity contribution is 7.99. The molecule has 142 valence electrons. The maximum absolute atomic E-state index is 13.0. The first kappa shape index (κ1) is 19.2. The summed E-state index contributed by atoms with van der Waals surface area (Å²) >= 11 is 1.88. The van der Waals surface area contributed by atoms with Gasteiger partial charge in [-0.1, -0.05) is 31.4 Å². The quantitative estimate of drug-likeness (QED) is 0.830. The van der Waals surface area contributed by atoms with Crippen LogP contribution in [0.5, 0.6) is 0 Å². The number of anilines is 1. The van der Waals surface area contributed by atoms with Crippen molar-refractivity contribution in [3.8, 4) is 0 Å². The summed E-state index contributed by atoms with van der Waals surface area (Å²) in [5.74, 6) is 2.02. The molecule has 1 heterocycles. The number of benzene rings is 1. The largest absolute Gasteiger partial charge is 0.339 e. The first-order valence-corrected chi connectivity index (χ1v) is 10.8. The number of rotatable bonds is 5. The average molecular weight is 376 g/mol. The van der Waals surface area contributed by atoms with E-state index in [1.807, 2.05) is 48.0 Å². The van der Waals surface area contributed by atoms with E-state index in [0.29, 0.717) is 23.7 Å². The minimum absolute atomic E-state index is 0.000790. The first-order chi connectivity index (χ1) is 12.6. The molecule has 1 unspecified atom stereocenters. The maximum atomic E-state index is 13.0. The Morgan fingerprint density at radius 3 is 2.73 bits per heavy atom. The van der Waals surface area contributed by atoms with Gasteiger partial charge in [-0.2, -0.15) is 11.8 Å². The first-order valence-electron chi connectivity index (χ1n) is 9.62. The third-order valence-electron chi connectivity index (χ3n) is 5.30. The van der Waals surface area contributed by atoms with Crippen LogP contribution in [0.3, 0.4) is 0 Å². The molecule has 6 heteroatoms. The molecule has 1 saturated carbocycles. The van der Waals surface area contributed by atoms with Crippen molar-refractivity contribution in [2.75, 3.05) is 30.4 Å². The van der Waals surface area contributed by atoms with Gasteiger partial charge < -0.3 is 15.5 Å². The summed E-state index contributed by atoms with van der Waals surface area (Å²) in [5.41, 5.74) is 1.20. The normalized spacial score (nSPS) is 21.2. The third-order valence-corrected chi connectivity index (χ3v) is 6.44. The van der Waals surface area contributed by atoms with Gasteiger partial charge in [0.05, 0.1) is 11.3 Å². The number of nitrogens with zero attached hydrogens (tertiary/aromatic N) is 1. The lowest BCUT2D eigenvalue weighted by atomic mass is 9.94. The molecule has 1 saturated heterocycles. The van der Waals surface area contributed by atoms with E-state index in [4.69, 9.17) is 0 Å². The summed E-state index contributed by atoms with van der Waals surface area (Å²) in [7, 11) is 1.89. The second-order valence-corrected chi connectivity index (χ2v) is 8.38. The molecule has 2 amide bonds. The van der Waals surface area contributed by atoms with Crippen LogP contribution < -0.4 is 10.6 Å². The van der Waals surface area contributed by atoms with Gasteiger partial charge in [-0.05, 0) is 25.0 Å². The van der Waals surface area contributed by atoms with Crippen molar-refractivity contribution in [2.45, 2.75) is 50.6 Å². The number of thioether (sulfide) groups is 1. The second kappa shape index (κ2) is 9.42. The van der Waals surface area contributed by atoms with Crippen molar-refractivity contribution >= 4 is 29.3 Å². The molecule has 1 aliphatic carbocycles. The lowest BCUT2D eigenvalue weighted by molar-refractivity contribution is -0.116. The molecule has 26 heavy (non-hydrogen) atoms. The molecule has 3 rings (SSSR count). The van der Waals surface area contributed by atoms with Crippen LogP contribution in [0.2, 0.25) is 0 Å². The van der Waals surface area contributed by atoms with Crippen molar-refractivity contribution < 1.29 is 9.59 Å². The molecule has 2 N–H and O–H groups in total. The van der Waals surface area contributed by atoms with Gasteiger partial charge in [0.2, 0.25) is 5.91 Å². The molecule has 1 aliphatic heterocycles. The minimum atomic E-state index is -0.0365. The van der Waals surface area contributed by atoms with Crippen LogP contribution in [0, 0.1) is 0 Å². The molecule has 2 fully saturated rings. The molecular weight excluding hydrogens is 346 g/mol. The summed E-state index contributed by atoms with van der Waals surface area (Å²) in [5, 5.41) is 6.34. The number of carbonyl (C=O) groups excluding carboxylic acids is 2. The van der Waals surface area contributed by atoms with E-state index in [-0.39, 0.29) is 17.9 Å². The number of hydrogen-bond donors (Lipinski definition) is 2. The van der Waals surface area contributed by atoms with Crippen LogP contribution >= 0.6 is 11.8 Å². The zero-order valence-corrected chi connectivity index (χ0v) is 16.3. The van der Waals surface area contributed by atoms with Gasteiger partial charge >= 0.3 is 0 Å². The molecule has 1 aromatic rings. The number of hydrogen-bond acceptors (Lipinski definition) is 4. The van der Waals surface area contributed by atoms with Crippen LogP contribution in [0.4, 0.5) is 5.69 Å². The fraction of sp³-hybridized carbons (Fsp3) is 0.600. The number of carbonyl (C=O) groups is 2. The molecule has 1 aromatic carbocycles. The third kappa shape index (κ3) is 5.01. The SMILES string of the molecule is CN(C(=O)c1ccccc1NC(=O)CC1CSCCN1)C1CCCCC1. The lowest BCUT2D eigenvalue weighted by Gasteiger charge is -2.31. The van der Waals surface area contributed by atoms with E-state index in [1.54, 1.807) is 0 Å². The fourth-order valence-electron chi connectivity index (χ4n) is 3.78. The Morgan fingerprint density at radius 2 is 2.00 bits per heavy atom. The van der Waals surface area contributed by atoms with Gasteiger partial charge in [0.25, 0.3) is 5.91 Å². The van der Waals surface area contributed by atoms with Crippen molar-refractivity contribution in [1.29, 1.82) is 0 Å². The highest BCUT2D eigenvalue weighted by Gasteiger charge is 2.25. The summed E-state index contributed by atoms with van der Waals surface area (Å²) in [4.78, 5) is 27.3. The van der Waals surface area contributed by atoms with E-state index < -0.39 is 0 Å². The second-order valence-electron chi connectivity index (χ2n) is 7.23.